The van der Waals surface area contributed by atoms with E-state index in [1.165, 1.54) is 0 Å². The van der Waals surface area contributed by atoms with E-state index in [0.717, 1.165) is 12.1 Å². The highest BCUT2D eigenvalue weighted by Gasteiger charge is 2.49. The molecular formula is C25H16F5NO4S. The molecule has 36 heavy (non-hydrogen) atoms. The van der Waals surface area contributed by atoms with Gasteiger partial charge in [0.05, 0.1) is 27.9 Å². The molecule has 4 aromatic carbocycles. The highest BCUT2D eigenvalue weighted by Crippen LogP contribution is 2.42. The second-order valence-corrected chi connectivity index (χ2v) is 8.86. The van der Waals surface area contributed by atoms with Crippen LogP contribution in [0.3, 0.4) is 0 Å². The standard InChI is InChI=1S/C25H16F5NO4S/c1-34-24-21-17(13-19(26)22(24)27)12-18(14-20(21)35-36(32,33)25(28,29)30)31-23(15-8-4-2-5-9-15)16-10-6-3-7-11-16/h2-14H,1H3/i1D3. The summed E-state index contributed by atoms with van der Waals surface area (Å²) in [5.74, 6) is -6.03. The van der Waals surface area contributed by atoms with Gasteiger partial charge in [-0.1, -0.05) is 60.7 Å². The third-order valence-electron chi connectivity index (χ3n) is 4.96. The van der Waals surface area contributed by atoms with Crippen LogP contribution in [0.5, 0.6) is 11.5 Å². The van der Waals surface area contributed by atoms with Crippen molar-refractivity contribution in [3.05, 3.63) is 102 Å². The first-order valence-corrected chi connectivity index (χ1v) is 11.4. The molecule has 0 aromatic heterocycles. The van der Waals surface area contributed by atoms with E-state index in [4.69, 9.17) is 4.11 Å². The number of alkyl halides is 3. The minimum atomic E-state index is -6.34. The number of aliphatic imine (C=N–C) groups is 1. The monoisotopic (exact) mass is 524 g/mol. The fraction of sp³-hybridized carbons (Fsp3) is 0.0800. The van der Waals surface area contributed by atoms with Gasteiger partial charge < -0.3 is 8.92 Å². The summed E-state index contributed by atoms with van der Waals surface area (Å²) < 4.78 is 123. The molecule has 0 amide bonds. The van der Waals surface area contributed by atoms with Gasteiger partial charge in [0.1, 0.15) is 0 Å². The Bertz CT molecular complexity index is 1620. The summed E-state index contributed by atoms with van der Waals surface area (Å²) in [7, 11) is -9.72. The summed E-state index contributed by atoms with van der Waals surface area (Å²) in [6.07, 6.45) is 0. The zero-order chi connectivity index (χ0) is 28.6. The minimum Gasteiger partial charge on any atom is -0.493 e. The van der Waals surface area contributed by atoms with Gasteiger partial charge in [0, 0.05) is 17.2 Å². The average Bonchev–Trinajstić information content (AvgIpc) is 2.84. The van der Waals surface area contributed by atoms with Gasteiger partial charge in [0.2, 0.25) is 5.82 Å². The summed E-state index contributed by atoms with van der Waals surface area (Å²) in [6, 6.07) is 19.4. The molecule has 0 heterocycles. The lowest BCUT2D eigenvalue weighted by molar-refractivity contribution is -0.0499. The molecule has 0 saturated heterocycles. The van der Waals surface area contributed by atoms with E-state index in [9.17, 15) is 30.4 Å². The van der Waals surface area contributed by atoms with Crippen molar-refractivity contribution >= 4 is 32.3 Å². The molecule has 5 nitrogen and oxygen atoms in total. The number of ether oxygens (including phenoxy) is 1. The van der Waals surface area contributed by atoms with Crippen LogP contribution in [0.15, 0.2) is 83.9 Å². The van der Waals surface area contributed by atoms with Crippen molar-refractivity contribution in [1.29, 1.82) is 0 Å². The quantitative estimate of drug-likeness (QED) is 0.125. The number of hydrogen-bond acceptors (Lipinski definition) is 5. The van der Waals surface area contributed by atoms with Crippen LogP contribution in [-0.4, -0.2) is 26.7 Å². The zero-order valence-electron chi connectivity index (χ0n) is 20.9. The topological polar surface area (TPSA) is 65.0 Å². The van der Waals surface area contributed by atoms with E-state index in [-0.39, 0.29) is 5.69 Å². The average molecular weight is 524 g/mol. The SMILES string of the molecule is [2H]C([2H])([2H])Oc1c(F)c(F)cc2cc(N=C(c3ccccc3)c3ccccc3)cc(OS(=O)(=O)C(F)(F)F)c12. The molecule has 186 valence electrons. The molecule has 0 fully saturated rings. The Labute approximate surface area is 206 Å². The Kier molecular flexibility index (Phi) is 5.67. The molecule has 0 atom stereocenters. The predicted octanol–water partition coefficient (Wildman–Crippen LogP) is 6.52. The summed E-state index contributed by atoms with van der Waals surface area (Å²) in [4.78, 5) is 4.45. The van der Waals surface area contributed by atoms with Crippen molar-refractivity contribution in [3.63, 3.8) is 0 Å². The molecule has 4 rings (SSSR count). The number of fused-ring (bicyclic) bond motifs is 1. The largest absolute Gasteiger partial charge is 0.534 e. The van der Waals surface area contributed by atoms with Crippen molar-refractivity contribution < 1.29 is 43.4 Å². The van der Waals surface area contributed by atoms with Gasteiger partial charge in [0.15, 0.2) is 17.3 Å². The molecule has 4 aromatic rings. The predicted molar refractivity (Wildman–Crippen MR) is 124 cm³/mol. The summed E-state index contributed by atoms with van der Waals surface area (Å²) in [5, 5.41) is -1.31. The van der Waals surface area contributed by atoms with Crippen LogP contribution in [0.1, 0.15) is 15.2 Å². The van der Waals surface area contributed by atoms with Gasteiger partial charge in [-0.25, -0.2) is 9.38 Å². The molecule has 0 spiro atoms. The van der Waals surface area contributed by atoms with Crippen molar-refractivity contribution in [2.75, 3.05) is 7.04 Å². The molecule has 0 aliphatic rings. The van der Waals surface area contributed by atoms with E-state index in [0.29, 0.717) is 22.9 Å². The van der Waals surface area contributed by atoms with Gasteiger partial charge in [-0.3, -0.25) is 0 Å². The van der Waals surface area contributed by atoms with Crippen molar-refractivity contribution in [1.82, 2.24) is 0 Å². The maximum Gasteiger partial charge on any atom is 0.534 e. The number of rotatable bonds is 6. The number of benzene rings is 4. The van der Waals surface area contributed by atoms with Gasteiger partial charge in [-0.15, -0.1) is 0 Å². The van der Waals surface area contributed by atoms with Crippen LogP contribution in [0.25, 0.3) is 10.8 Å². The minimum absolute atomic E-state index is 0.219. The lowest BCUT2D eigenvalue weighted by atomic mass is 10.0. The molecular weight excluding hydrogens is 505 g/mol. The van der Waals surface area contributed by atoms with E-state index in [1.54, 1.807) is 60.7 Å². The van der Waals surface area contributed by atoms with Crippen LogP contribution in [0.2, 0.25) is 0 Å². The highest BCUT2D eigenvalue weighted by molar-refractivity contribution is 7.88. The van der Waals surface area contributed by atoms with Crippen LogP contribution in [0, 0.1) is 11.6 Å². The van der Waals surface area contributed by atoms with Crippen molar-refractivity contribution in [3.8, 4) is 11.5 Å². The fourth-order valence-electron chi connectivity index (χ4n) is 3.41. The summed E-state index contributed by atoms with van der Waals surface area (Å²) in [5.41, 5.74) is -4.71. The summed E-state index contributed by atoms with van der Waals surface area (Å²) in [6.45, 7) is 0. The second-order valence-electron chi connectivity index (χ2n) is 7.32. The maximum absolute atomic E-state index is 14.7. The molecule has 0 unspecified atom stereocenters. The number of halogens is 5. The van der Waals surface area contributed by atoms with E-state index in [2.05, 4.69) is 13.9 Å². The van der Waals surface area contributed by atoms with Gasteiger partial charge in [-0.05, 0) is 17.5 Å². The Balaban J connectivity index is 2.05. The Morgan fingerprint density at radius 2 is 1.50 bits per heavy atom. The van der Waals surface area contributed by atoms with Gasteiger partial charge in [-0.2, -0.15) is 26.0 Å². The Morgan fingerprint density at radius 1 is 0.917 bits per heavy atom. The van der Waals surface area contributed by atoms with Crippen LogP contribution < -0.4 is 8.92 Å². The third-order valence-corrected chi connectivity index (χ3v) is 5.92. The lowest BCUT2D eigenvalue weighted by Crippen LogP contribution is -2.28. The molecule has 0 saturated carbocycles. The number of hydrogen-bond donors (Lipinski definition) is 0. The van der Waals surface area contributed by atoms with E-state index < -0.39 is 56.6 Å². The molecule has 0 aliphatic carbocycles. The van der Waals surface area contributed by atoms with E-state index in [1.807, 2.05) is 0 Å². The molecule has 0 bridgehead atoms. The lowest BCUT2D eigenvalue weighted by Gasteiger charge is -2.15. The third kappa shape index (κ3) is 4.87. The number of methoxy groups -OCH3 is 1. The summed E-state index contributed by atoms with van der Waals surface area (Å²) >= 11 is 0. The Morgan fingerprint density at radius 3 is 2.03 bits per heavy atom. The fourth-order valence-corrected chi connectivity index (χ4v) is 3.87. The first-order chi connectivity index (χ1) is 18.2. The molecule has 0 aliphatic heterocycles. The molecule has 0 radical (unpaired) electrons. The smallest absolute Gasteiger partial charge is 0.493 e. The number of nitrogens with zero attached hydrogens (tertiary/aromatic N) is 1. The molecule has 11 heteroatoms. The van der Waals surface area contributed by atoms with Crippen molar-refractivity contribution in [2.45, 2.75) is 5.51 Å². The maximum atomic E-state index is 14.7. The second kappa shape index (κ2) is 9.57. The van der Waals surface area contributed by atoms with Gasteiger partial charge in [0.25, 0.3) is 0 Å². The first-order valence-electron chi connectivity index (χ1n) is 11.5. The van der Waals surface area contributed by atoms with Crippen LogP contribution in [-0.2, 0) is 10.1 Å². The highest BCUT2D eigenvalue weighted by atomic mass is 32.2. The molecule has 0 N–H and O–H groups in total. The van der Waals surface area contributed by atoms with Crippen LogP contribution >= 0.6 is 0 Å². The first kappa shape index (κ1) is 21.3. The zero-order valence-corrected chi connectivity index (χ0v) is 18.7. The van der Waals surface area contributed by atoms with Crippen LogP contribution in [0.4, 0.5) is 27.6 Å². The normalized spacial score (nSPS) is 13.4. The van der Waals surface area contributed by atoms with Crippen molar-refractivity contribution in [2.24, 2.45) is 4.99 Å². The van der Waals surface area contributed by atoms with Gasteiger partial charge >= 0.3 is 15.6 Å². The van der Waals surface area contributed by atoms with E-state index >= 15 is 0 Å². The Hall–Kier alpha value is -3.99.